The zero-order valence-corrected chi connectivity index (χ0v) is 6.28. The SMILES string of the molecule is CC(N)Cc1nncn1C. The molecule has 56 valence electrons. The van der Waals surface area contributed by atoms with E-state index in [-0.39, 0.29) is 6.04 Å². The smallest absolute Gasteiger partial charge is 0.134 e. The summed E-state index contributed by atoms with van der Waals surface area (Å²) >= 11 is 0. The van der Waals surface area contributed by atoms with Gasteiger partial charge in [-0.1, -0.05) is 0 Å². The van der Waals surface area contributed by atoms with Crippen LogP contribution in [0.3, 0.4) is 0 Å². The first kappa shape index (κ1) is 7.21. The summed E-state index contributed by atoms with van der Waals surface area (Å²) < 4.78 is 1.88. The van der Waals surface area contributed by atoms with Crippen molar-refractivity contribution in [2.24, 2.45) is 12.8 Å². The van der Waals surface area contributed by atoms with Crippen LogP contribution in [-0.2, 0) is 13.5 Å². The van der Waals surface area contributed by atoms with Gasteiger partial charge in [-0.05, 0) is 6.92 Å². The van der Waals surface area contributed by atoms with Gasteiger partial charge < -0.3 is 10.3 Å². The Morgan fingerprint density at radius 1 is 1.80 bits per heavy atom. The van der Waals surface area contributed by atoms with Crippen molar-refractivity contribution in [2.75, 3.05) is 0 Å². The third-order valence-corrected chi connectivity index (χ3v) is 1.31. The van der Waals surface area contributed by atoms with E-state index < -0.39 is 0 Å². The maximum atomic E-state index is 5.57. The van der Waals surface area contributed by atoms with Crippen LogP contribution in [0.15, 0.2) is 6.33 Å². The van der Waals surface area contributed by atoms with E-state index in [1.807, 2.05) is 18.5 Å². The van der Waals surface area contributed by atoms with Gasteiger partial charge in [0, 0.05) is 19.5 Å². The molecule has 1 aromatic heterocycles. The Hall–Kier alpha value is -0.900. The summed E-state index contributed by atoms with van der Waals surface area (Å²) in [4.78, 5) is 0. The monoisotopic (exact) mass is 140 g/mol. The molecule has 0 aliphatic carbocycles. The number of aryl methyl sites for hydroxylation is 1. The van der Waals surface area contributed by atoms with Crippen LogP contribution < -0.4 is 5.73 Å². The van der Waals surface area contributed by atoms with E-state index in [2.05, 4.69) is 10.2 Å². The number of rotatable bonds is 2. The lowest BCUT2D eigenvalue weighted by Gasteiger charge is -2.02. The Balaban J connectivity index is 2.65. The highest BCUT2D eigenvalue weighted by Crippen LogP contribution is 1.94. The predicted octanol–water partition coefficient (Wildman–Crippen LogP) is -0.295. The molecule has 1 unspecified atom stereocenters. The van der Waals surface area contributed by atoms with E-state index in [1.165, 1.54) is 0 Å². The largest absolute Gasteiger partial charge is 0.328 e. The molecule has 1 rings (SSSR count). The van der Waals surface area contributed by atoms with Gasteiger partial charge in [0.1, 0.15) is 12.2 Å². The van der Waals surface area contributed by atoms with Gasteiger partial charge >= 0.3 is 0 Å². The summed E-state index contributed by atoms with van der Waals surface area (Å²) in [7, 11) is 1.91. The summed E-state index contributed by atoms with van der Waals surface area (Å²) in [6, 6.07) is 0.155. The van der Waals surface area contributed by atoms with Gasteiger partial charge in [-0.2, -0.15) is 0 Å². The highest BCUT2D eigenvalue weighted by Gasteiger charge is 2.02. The van der Waals surface area contributed by atoms with Crippen LogP contribution in [0.1, 0.15) is 12.7 Å². The molecule has 1 aromatic rings. The molecule has 4 nitrogen and oxygen atoms in total. The number of nitrogens with zero attached hydrogens (tertiary/aromatic N) is 3. The first-order valence-corrected chi connectivity index (χ1v) is 3.28. The maximum absolute atomic E-state index is 5.57. The molecule has 1 atom stereocenters. The molecule has 2 N–H and O–H groups in total. The van der Waals surface area contributed by atoms with Crippen molar-refractivity contribution in [2.45, 2.75) is 19.4 Å². The summed E-state index contributed by atoms with van der Waals surface area (Å²) in [5.74, 6) is 0.940. The van der Waals surface area contributed by atoms with E-state index in [4.69, 9.17) is 5.73 Å². The summed E-state index contributed by atoms with van der Waals surface area (Å²) in [6.07, 6.45) is 2.47. The number of aromatic nitrogens is 3. The third-order valence-electron chi connectivity index (χ3n) is 1.31. The summed E-state index contributed by atoms with van der Waals surface area (Å²) in [5.41, 5.74) is 5.57. The van der Waals surface area contributed by atoms with Crippen molar-refractivity contribution in [1.29, 1.82) is 0 Å². The lowest BCUT2D eigenvalue weighted by Crippen LogP contribution is -2.19. The van der Waals surface area contributed by atoms with Crippen molar-refractivity contribution in [1.82, 2.24) is 14.8 Å². The third kappa shape index (κ3) is 1.54. The molecule has 0 aliphatic rings. The molecule has 0 fully saturated rings. The quantitative estimate of drug-likeness (QED) is 0.614. The van der Waals surface area contributed by atoms with Crippen molar-refractivity contribution in [3.8, 4) is 0 Å². The molecule has 0 radical (unpaired) electrons. The summed E-state index contributed by atoms with van der Waals surface area (Å²) in [6.45, 7) is 1.95. The van der Waals surface area contributed by atoms with E-state index in [9.17, 15) is 0 Å². The van der Waals surface area contributed by atoms with Crippen molar-refractivity contribution in [3.63, 3.8) is 0 Å². The Kier molecular flexibility index (Phi) is 2.01. The highest BCUT2D eigenvalue weighted by molar-refractivity contribution is 4.86. The zero-order valence-electron chi connectivity index (χ0n) is 6.28. The molecule has 0 saturated carbocycles. The molecule has 0 saturated heterocycles. The standard InChI is InChI=1S/C6H12N4/c1-5(7)3-6-9-8-4-10(6)2/h4-5H,3,7H2,1-2H3. The average molecular weight is 140 g/mol. The van der Waals surface area contributed by atoms with Gasteiger partial charge in [-0.25, -0.2) is 0 Å². The zero-order chi connectivity index (χ0) is 7.56. The topological polar surface area (TPSA) is 56.7 Å². The van der Waals surface area contributed by atoms with Crippen LogP contribution in [0, 0.1) is 0 Å². The fraction of sp³-hybridized carbons (Fsp3) is 0.667. The average Bonchev–Trinajstić information content (AvgIpc) is 2.15. The van der Waals surface area contributed by atoms with E-state index in [0.717, 1.165) is 12.2 Å². The second-order valence-electron chi connectivity index (χ2n) is 2.54. The minimum Gasteiger partial charge on any atom is -0.328 e. The lowest BCUT2D eigenvalue weighted by atomic mass is 10.2. The van der Waals surface area contributed by atoms with Gasteiger partial charge in [0.2, 0.25) is 0 Å². The van der Waals surface area contributed by atoms with Gasteiger partial charge in [0.05, 0.1) is 0 Å². The van der Waals surface area contributed by atoms with E-state index in [1.54, 1.807) is 6.33 Å². The summed E-state index contributed by atoms with van der Waals surface area (Å²) in [5, 5.41) is 7.62. The van der Waals surface area contributed by atoms with Crippen LogP contribution in [-0.4, -0.2) is 20.8 Å². The minimum absolute atomic E-state index is 0.155. The van der Waals surface area contributed by atoms with Crippen molar-refractivity contribution >= 4 is 0 Å². The fourth-order valence-electron chi connectivity index (χ4n) is 0.780. The van der Waals surface area contributed by atoms with Gasteiger partial charge in [0.25, 0.3) is 0 Å². The Labute approximate surface area is 60.1 Å². The van der Waals surface area contributed by atoms with Crippen LogP contribution in [0.25, 0.3) is 0 Å². The number of hydrogen-bond donors (Lipinski definition) is 1. The Bertz CT molecular complexity index is 203. The minimum atomic E-state index is 0.155. The molecule has 0 aliphatic heterocycles. The molecule has 0 aromatic carbocycles. The second-order valence-corrected chi connectivity index (χ2v) is 2.54. The molecule has 1 heterocycles. The molecule has 0 bridgehead atoms. The first-order valence-electron chi connectivity index (χ1n) is 3.28. The Morgan fingerprint density at radius 3 is 2.90 bits per heavy atom. The normalized spacial score (nSPS) is 13.5. The number of hydrogen-bond acceptors (Lipinski definition) is 3. The van der Waals surface area contributed by atoms with Crippen LogP contribution in [0.4, 0.5) is 0 Å². The molecule has 0 spiro atoms. The van der Waals surface area contributed by atoms with Crippen LogP contribution >= 0.6 is 0 Å². The number of nitrogens with two attached hydrogens (primary N) is 1. The van der Waals surface area contributed by atoms with Crippen molar-refractivity contribution in [3.05, 3.63) is 12.2 Å². The first-order chi connectivity index (χ1) is 4.70. The van der Waals surface area contributed by atoms with Gasteiger partial charge in [-0.3, -0.25) is 0 Å². The van der Waals surface area contributed by atoms with Crippen LogP contribution in [0.2, 0.25) is 0 Å². The van der Waals surface area contributed by atoms with Gasteiger partial charge in [-0.15, -0.1) is 10.2 Å². The Morgan fingerprint density at radius 2 is 2.50 bits per heavy atom. The lowest BCUT2D eigenvalue weighted by molar-refractivity contribution is 0.670. The second kappa shape index (κ2) is 2.79. The van der Waals surface area contributed by atoms with E-state index >= 15 is 0 Å². The van der Waals surface area contributed by atoms with Gasteiger partial charge in [0.15, 0.2) is 0 Å². The molecule has 0 amide bonds. The molecule has 4 heteroatoms. The van der Waals surface area contributed by atoms with Crippen molar-refractivity contribution < 1.29 is 0 Å². The predicted molar refractivity (Wildman–Crippen MR) is 38.4 cm³/mol. The molecular weight excluding hydrogens is 128 g/mol. The molecule has 10 heavy (non-hydrogen) atoms. The highest BCUT2D eigenvalue weighted by atomic mass is 15.2. The fourth-order valence-corrected chi connectivity index (χ4v) is 0.780. The van der Waals surface area contributed by atoms with Crippen LogP contribution in [0.5, 0.6) is 0 Å². The van der Waals surface area contributed by atoms with E-state index in [0.29, 0.717) is 0 Å². The maximum Gasteiger partial charge on any atom is 0.134 e. The molecular formula is C6H12N4.